The summed E-state index contributed by atoms with van der Waals surface area (Å²) in [5, 5.41) is 2.98. The predicted octanol–water partition coefficient (Wildman–Crippen LogP) is 1.70. The highest BCUT2D eigenvalue weighted by Crippen LogP contribution is 2.28. The first-order valence-corrected chi connectivity index (χ1v) is 8.20. The number of carbonyl (C=O) groups is 2. The standard InChI is InChI=1S/C17H26N4O2/c1-21(2)13-8-9-19-15(10-13)17(23)20-14(11-16(18)22)12-6-4-3-5-7-12/h8-10,12,14H,3-7,11H2,1-2H3,(H2,18,22)(H,20,23)/t14-/m1/s1. The Morgan fingerprint density at radius 3 is 2.65 bits per heavy atom. The molecule has 1 aliphatic carbocycles. The van der Waals surface area contributed by atoms with Gasteiger partial charge < -0.3 is 16.0 Å². The summed E-state index contributed by atoms with van der Waals surface area (Å²) < 4.78 is 0. The van der Waals surface area contributed by atoms with Gasteiger partial charge in [-0.2, -0.15) is 0 Å². The van der Waals surface area contributed by atoms with Crippen LogP contribution in [0.3, 0.4) is 0 Å². The largest absolute Gasteiger partial charge is 0.378 e. The molecule has 1 atom stereocenters. The molecule has 126 valence electrons. The smallest absolute Gasteiger partial charge is 0.270 e. The quantitative estimate of drug-likeness (QED) is 0.835. The molecule has 0 bridgehead atoms. The molecule has 6 nitrogen and oxygen atoms in total. The van der Waals surface area contributed by atoms with Crippen molar-refractivity contribution in [1.82, 2.24) is 10.3 Å². The van der Waals surface area contributed by atoms with Crippen LogP contribution >= 0.6 is 0 Å². The van der Waals surface area contributed by atoms with E-state index >= 15 is 0 Å². The second-order valence-electron chi connectivity index (χ2n) is 6.44. The highest BCUT2D eigenvalue weighted by atomic mass is 16.2. The zero-order valence-electron chi connectivity index (χ0n) is 13.9. The van der Waals surface area contributed by atoms with Crippen molar-refractivity contribution in [3.63, 3.8) is 0 Å². The Labute approximate surface area is 137 Å². The number of pyridine rings is 1. The van der Waals surface area contributed by atoms with E-state index in [2.05, 4.69) is 10.3 Å². The van der Waals surface area contributed by atoms with Crippen LogP contribution in [-0.2, 0) is 4.79 Å². The van der Waals surface area contributed by atoms with Crippen molar-refractivity contribution in [2.75, 3.05) is 19.0 Å². The third-order valence-electron chi connectivity index (χ3n) is 4.45. The monoisotopic (exact) mass is 318 g/mol. The Balaban J connectivity index is 2.09. The van der Waals surface area contributed by atoms with Crippen molar-refractivity contribution in [2.45, 2.75) is 44.6 Å². The lowest BCUT2D eigenvalue weighted by Gasteiger charge is -2.30. The maximum absolute atomic E-state index is 12.5. The zero-order chi connectivity index (χ0) is 16.8. The molecule has 0 radical (unpaired) electrons. The van der Waals surface area contributed by atoms with Gasteiger partial charge in [-0.1, -0.05) is 19.3 Å². The maximum Gasteiger partial charge on any atom is 0.270 e. The van der Waals surface area contributed by atoms with Crippen LogP contribution in [0, 0.1) is 5.92 Å². The second kappa shape index (κ2) is 7.94. The van der Waals surface area contributed by atoms with Gasteiger partial charge in [0.25, 0.3) is 5.91 Å². The molecule has 1 aromatic heterocycles. The van der Waals surface area contributed by atoms with Crippen LogP contribution in [0.25, 0.3) is 0 Å². The number of anilines is 1. The third kappa shape index (κ3) is 4.94. The van der Waals surface area contributed by atoms with E-state index < -0.39 is 0 Å². The van der Waals surface area contributed by atoms with E-state index in [1.807, 2.05) is 25.1 Å². The topological polar surface area (TPSA) is 88.3 Å². The molecule has 3 N–H and O–H groups in total. The van der Waals surface area contributed by atoms with E-state index in [-0.39, 0.29) is 24.3 Å². The van der Waals surface area contributed by atoms with E-state index in [1.54, 1.807) is 12.3 Å². The Bertz CT molecular complexity index is 553. The summed E-state index contributed by atoms with van der Waals surface area (Å²) in [5.74, 6) is -0.307. The van der Waals surface area contributed by atoms with Crippen LogP contribution < -0.4 is 16.0 Å². The van der Waals surface area contributed by atoms with Gasteiger partial charge >= 0.3 is 0 Å². The molecule has 1 aliphatic rings. The number of hydrogen-bond donors (Lipinski definition) is 2. The second-order valence-corrected chi connectivity index (χ2v) is 6.44. The summed E-state index contributed by atoms with van der Waals surface area (Å²) in [6, 6.07) is 3.39. The summed E-state index contributed by atoms with van der Waals surface area (Å²) in [4.78, 5) is 29.9. The molecule has 2 rings (SSSR count). The molecule has 1 heterocycles. The van der Waals surface area contributed by atoms with Gasteiger partial charge in [0.1, 0.15) is 5.69 Å². The average Bonchev–Trinajstić information content (AvgIpc) is 2.54. The predicted molar refractivity (Wildman–Crippen MR) is 90.2 cm³/mol. The minimum absolute atomic E-state index is 0.184. The molecule has 0 saturated heterocycles. The number of nitrogens with two attached hydrogens (primary N) is 1. The van der Waals surface area contributed by atoms with Crippen LogP contribution in [0.4, 0.5) is 5.69 Å². The van der Waals surface area contributed by atoms with Crippen LogP contribution in [0.1, 0.15) is 49.0 Å². The van der Waals surface area contributed by atoms with E-state index in [0.29, 0.717) is 11.6 Å². The molecule has 0 spiro atoms. The van der Waals surface area contributed by atoms with Crippen molar-refractivity contribution in [1.29, 1.82) is 0 Å². The zero-order valence-corrected chi connectivity index (χ0v) is 13.9. The number of primary amides is 1. The molecule has 23 heavy (non-hydrogen) atoms. The van der Waals surface area contributed by atoms with Crippen molar-refractivity contribution >= 4 is 17.5 Å². The van der Waals surface area contributed by atoms with E-state index in [4.69, 9.17) is 5.73 Å². The third-order valence-corrected chi connectivity index (χ3v) is 4.45. The van der Waals surface area contributed by atoms with Gasteiger partial charge in [0.15, 0.2) is 0 Å². The van der Waals surface area contributed by atoms with Crippen molar-refractivity contribution < 1.29 is 9.59 Å². The van der Waals surface area contributed by atoms with Gasteiger partial charge in [0.05, 0.1) is 0 Å². The number of amides is 2. The fourth-order valence-corrected chi connectivity index (χ4v) is 3.15. The van der Waals surface area contributed by atoms with Crippen LogP contribution in [0.5, 0.6) is 0 Å². The van der Waals surface area contributed by atoms with Crippen molar-refractivity contribution in [2.24, 2.45) is 11.7 Å². The average molecular weight is 318 g/mol. The number of aromatic nitrogens is 1. The van der Waals surface area contributed by atoms with Crippen molar-refractivity contribution in [3.05, 3.63) is 24.0 Å². The minimum atomic E-state index is -0.379. The van der Waals surface area contributed by atoms with Gasteiger partial charge in [-0.15, -0.1) is 0 Å². The Morgan fingerprint density at radius 1 is 1.35 bits per heavy atom. The first-order chi connectivity index (χ1) is 11.0. The summed E-state index contributed by atoms with van der Waals surface area (Å²) in [5.41, 5.74) is 6.64. The molecule has 1 aromatic rings. The van der Waals surface area contributed by atoms with Gasteiger partial charge in [0.2, 0.25) is 5.91 Å². The molecular formula is C17H26N4O2. The van der Waals surface area contributed by atoms with Gasteiger partial charge in [-0.25, -0.2) is 0 Å². The normalized spacial score (nSPS) is 16.6. The number of nitrogens with zero attached hydrogens (tertiary/aromatic N) is 2. The Kier molecular flexibility index (Phi) is 5.96. The fourth-order valence-electron chi connectivity index (χ4n) is 3.15. The van der Waals surface area contributed by atoms with E-state index in [9.17, 15) is 9.59 Å². The first kappa shape index (κ1) is 17.2. The lowest BCUT2D eigenvalue weighted by molar-refractivity contribution is -0.118. The summed E-state index contributed by atoms with van der Waals surface area (Å²) in [7, 11) is 3.82. The maximum atomic E-state index is 12.5. The van der Waals surface area contributed by atoms with E-state index in [1.165, 1.54) is 6.42 Å². The first-order valence-electron chi connectivity index (χ1n) is 8.20. The molecule has 0 unspecified atom stereocenters. The molecule has 0 aliphatic heterocycles. The van der Waals surface area contributed by atoms with Crippen LogP contribution in [-0.4, -0.2) is 36.9 Å². The minimum Gasteiger partial charge on any atom is -0.378 e. The number of nitrogens with one attached hydrogen (secondary N) is 1. The molecular weight excluding hydrogens is 292 g/mol. The van der Waals surface area contributed by atoms with Gasteiger partial charge in [0, 0.05) is 38.4 Å². The molecule has 2 amide bonds. The molecule has 1 fully saturated rings. The summed E-state index contributed by atoms with van der Waals surface area (Å²) in [6.07, 6.45) is 7.37. The summed E-state index contributed by atoms with van der Waals surface area (Å²) in [6.45, 7) is 0. The highest BCUT2D eigenvalue weighted by molar-refractivity contribution is 5.93. The fraction of sp³-hybridized carbons (Fsp3) is 0.588. The molecule has 1 saturated carbocycles. The molecule has 0 aromatic carbocycles. The highest BCUT2D eigenvalue weighted by Gasteiger charge is 2.27. The lowest BCUT2D eigenvalue weighted by Crippen LogP contribution is -2.43. The Hall–Kier alpha value is -2.11. The Morgan fingerprint density at radius 2 is 2.04 bits per heavy atom. The summed E-state index contributed by atoms with van der Waals surface area (Å²) >= 11 is 0. The van der Waals surface area contributed by atoms with Crippen molar-refractivity contribution in [3.8, 4) is 0 Å². The number of rotatable bonds is 6. The SMILES string of the molecule is CN(C)c1ccnc(C(=O)N[C@H](CC(N)=O)C2CCCCC2)c1. The number of carbonyl (C=O) groups excluding carboxylic acids is 2. The van der Waals surface area contributed by atoms with Crippen LogP contribution in [0.2, 0.25) is 0 Å². The van der Waals surface area contributed by atoms with E-state index in [0.717, 1.165) is 31.4 Å². The lowest BCUT2D eigenvalue weighted by atomic mass is 9.82. The number of hydrogen-bond acceptors (Lipinski definition) is 4. The van der Waals surface area contributed by atoms with Gasteiger partial charge in [-0.05, 0) is 30.9 Å². The van der Waals surface area contributed by atoms with Gasteiger partial charge in [-0.3, -0.25) is 14.6 Å². The van der Waals surface area contributed by atoms with Crippen LogP contribution in [0.15, 0.2) is 18.3 Å². The molecule has 6 heteroatoms.